The fraction of sp³-hybridized carbons (Fsp3) is 0.455. The second-order valence-corrected chi connectivity index (χ2v) is 4.26. The van der Waals surface area contributed by atoms with Crippen molar-refractivity contribution in [1.82, 2.24) is 0 Å². The number of rotatable bonds is 4. The molecule has 0 saturated carbocycles. The summed E-state index contributed by atoms with van der Waals surface area (Å²) in [5.74, 6) is -0.246. The third-order valence-corrected chi connectivity index (χ3v) is 2.62. The standard InChI is InChI=1S/C11H16N2O4/c1-6(2)11(15)10(12)8-5-7(14)3-4-9(8)13(16)17/h3-6,10-11,14-15H,12H2,1-2H3/t10-,11+/m0/s1. The van der Waals surface area contributed by atoms with E-state index in [-0.39, 0.29) is 22.9 Å². The van der Waals surface area contributed by atoms with Gasteiger partial charge in [0.2, 0.25) is 0 Å². The van der Waals surface area contributed by atoms with Crippen molar-refractivity contribution in [3.63, 3.8) is 0 Å². The SMILES string of the molecule is CC(C)[C@@H](O)[C@@H](N)c1cc(O)ccc1[N+](=O)[O-]. The Bertz CT molecular complexity index is 420. The molecule has 6 heteroatoms. The van der Waals surface area contributed by atoms with Gasteiger partial charge in [-0.05, 0) is 18.1 Å². The normalized spacial score (nSPS) is 14.6. The highest BCUT2D eigenvalue weighted by Crippen LogP contribution is 2.30. The van der Waals surface area contributed by atoms with E-state index in [1.807, 2.05) is 0 Å². The van der Waals surface area contributed by atoms with Crippen LogP contribution in [0.15, 0.2) is 18.2 Å². The number of nitro groups is 1. The fourth-order valence-corrected chi connectivity index (χ4v) is 1.57. The second-order valence-electron chi connectivity index (χ2n) is 4.26. The minimum absolute atomic E-state index is 0.114. The molecule has 0 aliphatic heterocycles. The highest BCUT2D eigenvalue weighted by molar-refractivity contribution is 5.47. The lowest BCUT2D eigenvalue weighted by atomic mass is 9.93. The third-order valence-electron chi connectivity index (χ3n) is 2.62. The quantitative estimate of drug-likeness (QED) is 0.543. The first kappa shape index (κ1) is 13.4. The Morgan fingerprint density at radius 1 is 1.41 bits per heavy atom. The molecule has 1 rings (SSSR count). The van der Waals surface area contributed by atoms with Gasteiger partial charge in [-0.2, -0.15) is 0 Å². The van der Waals surface area contributed by atoms with Crippen LogP contribution in [0.4, 0.5) is 5.69 Å². The third kappa shape index (κ3) is 2.92. The van der Waals surface area contributed by atoms with Crippen LogP contribution in [0.2, 0.25) is 0 Å². The Morgan fingerprint density at radius 2 is 2.00 bits per heavy atom. The number of aliphatic hydroxyl groups excluding tert-OH is 1. The maximum atomic E-state index is 10.8. The molecule has 0 amide bonds. The molecule has 2 atom stereocenters. The summed E-state index contributed by atoms with van der Waals surface area (Å²) in [6.45, 7) is 3.53. The van der Waals surface area contributed by atoms with Crippen molar-refractivity contribution in [3.05, 3.63) is 33.9 Å². The average molecular weight is 240 g/mol. The van der Waals surface area contributed by atoms with Crippen molar-refractivity contribution in [3.8, 4) is 5.75 Å². The number of phenols is 1. The van der Waals surface area contributed by atoms with Gasteiger partial charge in [0.1, 0.15) is 5.75 Å². The minimum atomic E-state index is -0.907. The van der Waals surface area contributed by atoms with Gasteiger partial charge in [0.05, 0.1) is 22.6 Å². The van der Waals surface area contributed by atoms with Gasteiger partial charge in [-0.3, -0.25) is 10.1 Å². The van der Waals surface area contributed by atoms with Gasteiger partial charge in [-0.1, -0.05) is 13.8 Å². The molecule has 1 aromatic carbocycles. The Kier molecular flexibility index (Phi) is 4.03. The van der Waals surface area contributed by atoms with Crippen LogP contribution in [-0.2, 0) is 0 Å². The molecular weight excluding hydrogens is 224 g/mol. The zero-order chi connectivity index (χ0) is 13.2. The molecule has 1 aromatic rings. The molecule has 0 aromatic heterocycles. The molecule has 0 spiro atoms. The van der Waals surface area contributed by atoms with E-state index < -0.39 is 17.1 Å². The summed E-state index contributed by atoms with van der Waals surface area (Å²) >= 11 is 0. The molecule has 0 aliphatic carbocycles. The highest BCUT2D eigenvalue weighted by Gasteiger charge is 2.27. The van der Waals surface area contributed by atoms with E-state index in [0.717, 1.165) is 0 Å². The van der Waals surface area contributed by atoms with Crippen LogP contribution < -0.4 is 5.73 Å². The summed E-state index contributed by atoms with van der Waals surface area (Å²) < 4.78 is 0. The molecule has 0 saturated heterocycles. The first-order chi connectivity index (χ1) is 7.84. The van der Waals surface area contributed by atoms with Gasteiger partial charge in [-0.15, -0.1) is 0 Å². The molecule has 0 radical (unpaired) electrons. The van der Waals surface area contributed by atoms with E-state index in [0.29, 0.717) is 0 Å². The molecule has 6 nitrogen and oxygen atoms in total. The molecule has 4 N–H and O–H groups in total. The summed E-state index contributed by atoms with van der Waals surface area (Å²) in [6.07, 6.45) is -0.907. The smallest absolute Gasteiger partial charge is 0.274 e. The molecule has 94 valence electrons. The van der Waals surface area contributed by atoms with Crippen LogP contribution in [-0.4, -0.2) is 21.2 Å². The van der Waals surface area contributed by atoms with Crippen molar-refractivity contribution in [2.75, 3.05) is 0 Å². The summed E-state index contributed by atoms with van der Waals surface area (Å²) in [5, 5.41) is 30.0. The maximum Gasteiger partial charge on any atom is 0.274 e. The average Bonchev–Trinajstić information content (AvgIpc) is 2.26. The first-order valence-electron chi connectivity index (χ1n) is 5.25. The van der Waals surface area contributed by atoms with E-state index in [9.17, 15) is 20.3 Å². The molecule has 0 unspecified atom stereocenters. The Balaban J connectivity index is 3.19. The van der Waals surface area contributed by atoms with Gasteiger partial charge < -0.3 is 15.9 Å². The molecule has 0 heterocycles. The number of hydrogen-bond acceptors (Lipinski definition) is 5. The molecule has 0 fully saturated rings. The zero-order valence-corrected chi connectivity index (χ0v) is 9.70. The van der Waals surface area contributed by atoms with Crippen molar-refractivity contribution >= 4 is 5.69 Å². The molecular formula is C11H16N2O4. The highest BCUT2D eigenvalue weighted by atomic mass is 16.6. The number of phenolic OH excluding ortho intramolecular Hbond substituents is 1. The number of hydrogen-bond donors (Lipinski definition) is 3. The van der Waals surface area contributed by atoms with Crippen molar-refractivity contribution in [2.45, 2.75) is 26.0 Å². The maximum absolute atomic E-state index is 10.8. The lowest BCUT2D eigenvalue weighted by molar-refractivity contribution is -0.385. The van der Waals surface area contributed by atoms with Gasteiger partial charge in [0.15, 0.2) is 0 Å². The number of benzene rings is 1. The second kappa shape index (κ2) is 5.11. The van der Waals surface area contributed by atoms with E-state index in [4.69, 9.17) is 5.73 Å². The van der Waals surface area contributed by atoms with Crippen LogP contribution in [0.25, 0.3) is 0 Å². The van der Waals surface area contributed by atoms with Crippen LogP contribution in [0.1, 0.15) is 25.5 Å². The largest absolute Gasteiger partial charge is 0.508 e. The van der Waals surface area contributed by atoms with Gasteiger partial charge >= 0.3 is 0 Å². The number of nitrogens with two attached hydrogens (primary N) is 1. The lowest BCUT2D eigenvalue weighted by Gasteiger charge is -2.22. The van der Waals surface area contributed by atoms with Crippen LogP contribution in [0.3, 0.4) is 0 Å². The van der Waals surface area contributed by atoms with E-state index in [1.54, 1.807) is 13.8 Å². The fourth-order valence-electron chi connectivity index (χ4n) is 1.57. The predicted molar refractivity (Wildman–Crippen MR) is 62.5 cm³/mol. The number of nitrogens with zero attached hydrogens (tertiary/aromatic N) is 1. The number of aliphatic hydroxyl groups is 1. The van der Waals surface area contributed by atoms with Crippen molar-refractivity contribution < 1.29 is 15.1 Å². The van der Waals surface area contributed by atoms with E-state index in [1.165, 1.54) is 18.2 Å². The van der Waals surface area contributed by atoms with Gasteiger partial charge in [0, 0.05) is 6.07 Å². The zero-order valence-electron chi connectivity index (χ0n) is 9.70. The number of nitro benzene ring substituents is 1. The lowest BCUT2D eigenvalue weighted by Crippen LogP contribution is -2.31. The van der Waals surface area contributed by atoms with Gasteiger partial charge in [-0.25, -0.2) is 0 Å². The predicted octanol–water partition coefficient (Wildman–Crippen LogP) is 1.32. The molecule has 0 bridgehead atoms. The number of aromatic hydroxyl groups is 1. The Hall–Kier alpha value is -1.66. The van der Waals surface area contributed by atoms with E-state index >= 15 is 0 Å². The summed E-state index contributed by atoms with van der Waals surface area (Å²) in [5.41, 5.74) is 5.72. The van der Waals surface area contributed by atoms with Crippen LogP contribution >= 0.6 is 0 Å². The Labute approximate surface area is 98.8 Å². The molecule has 0 aliphatic rings. The van der Waals surface area contributed by atoms with Crippen molar-refractivity contribution in [1.29, 1.82) is 0 Å². The summed E-state index contributed by atoms with van der Waals surface area (Å²) in [6, 6.07) is 2.71. The van der Waals surface area contributed by atoms with Crippen LogP contribution in [0, 0.1) is 16.0 Å². The van der Waals surface area contributed by atoms with Crippen LogP contribution in [0.5, 0.6) is 5.75 Å². The summed E-state index contributed by atoms with van der Waals surface area (Å²) in [7, 11) is 0. The van der Waals surface area contributed by atoms with Gasteiger partial charge in [0.25, 0.3) is 5.69 Å². The molecule has 17 heavy (non-hydrogen) atoms. The monoisotopic (exact) mass is 240 g/mol. The Morgan fingerprint density at radius 3 is 2.47 bits per heavy atom. The van der Waals surface area contributed by atoms with E-state index in [2.05, 4.69) is 0 Å². The minimum Gasteiger partial charge on any atom is -0.508 e. The van der Waals surface area contributed by atoms with Crippen molar-refractivity contribution in [2.24, 2.45) is 11.7 Å². The topological polar surface area (TPSA) is 110 Å². The summed E-state index contributed by atoms with van der Waals surface area (Å²) in [4.78, 5) is 10.2. The first-order valence-corrected chi connectivity index (χ1v) is 5.25.